The molecule has 0 heterocycles. The Bertz CT molecular complexity index is 319. The van der Waals surface area contributed by atoms with E-state index in [-0.39, 0.29) is 5.92 Å². The summed E-state index contributed by atoms with van der Waals surface area (Å²) in [6.45, 7) is 10.3. The molecule has 0 radical (unpaired) electrons. The van der Waals surface area contributed by atoms with Gasteiger partial charge in [-0.3, -0.25) is 0 Å². The minimum Gasteiger partial charge on any atom is -0.390 e. The average Bonchev–Trinajstić information content (AvgIpc) is 2.14. The van der Waals surface area contributed by atoms with E-state index in [1.165, 1.54) is 0 Å². The molecule has 2 saturated carbocycles. The smallest absolute Gasteiger partial charge is 0.0770 e. The lowest BCUT2D eigenvalue weighted by Gasteiger charge is -2.56. The highest BCUT2D eigenvalue weighted by molar-refractivity contribution is 5.16. The van der Waals surface area contributed by atoms with Gasteiger partial charge in [0.2, 0.25) is 0 Å². The van der Waals surface area contributed by atoms with Gasteiger partial charge in [0.1, 0.15) is 0 Å². The van der Waals surface area contributed by atoms with Gasteiger partial charge in [0, 0.05) is 5.92 Å². The topological polar surface area (TPSA) is 40.5 Å². The summed E-state index contributed by atoms with van der Waals surface area (Å²) in [5, 5.41) is 21.6. The van der Waals surface area contributed by atoms with E-state index in [4.69, 9.17) is 0 Å². The first-order valence-corrected chi connectivity index (χ1v) is 6.89. The molecule has 0 amide bonds. The van der Waals surface area contributed by atoms with Gasteiger partial charge < -0.3 is 10.2 Å². The molecule has 2 aliphatic carbocycles. The zero-order valence-electron chi connectivity index (χ0n) is 11.4. The summed E-state index contributed by atoms with van der Waals surface area (Å²) in [4.78, 5) is 0. The fourth-order valence-electron chi connectivity index (χ4n) is 4.23. The second-order valence-corrected chi connectivity index (χ2v) is 6.76. The summed E-state index contributed by atoms with van der Waals surface area (Å²) in [6, 6.07) is 0. The molecular weight excluding hydrogens is 212 g/mol. The van der Waals surface area contributed by atoms with Gasteiger partial charge in [-0.05, 0) is 50.9 Å². The first-order chi connectivity index (χ1) is 7.77. The molecule has 0 aliphatic heterocycles. The lowest BCUT2D eigenvalue weighted by atomic mass is 9.54. The largest absolute Gasteiger partial charge is 0.390 e. The molecule has 4 atom stereocenters. The van der Waals surface area contributed by atoms with E-state index in [0.717, 1.165) is 31.3 Å². The van der Waals surface area contributed by atoms with Gasteiger partial charge in [0.25, 0.3) is 0 Å². The van der Waals surface area contributed by atoms with Crippen molar-refractivity contribution < 1.29 is 10.2 Å². The van der Waals surface area contributed by atoms with Crippen LogP contribution in [0.4, 0.5) is 0 Å². The molecule has 2 nitrogen and oxygen atoms in total. The lowest BCUT2D eigenvalue weighted by molar-refractivity contribution is -0.197. The van der Waals surface area contributed by atoms with Gasteiger partial charge in [-0.2, -0.15) is 0 Å². The van der Waals surface area contributed by atoms with E-state index >= 15 is 0 Å². The van der Waals surface area contributed by atoms with Crippen molar-refractivity contribution in [2.45, 2.75) is 64.1 Å². The van der Waals surface area contributed by atoms with Crippen LogP contribution >= 0.6 is 0 Å². The Morgan fingerprint density at radius 3 is 2.53 bits per heavy atom. The van der Waals surface area contributed by atoms with E-state index in [2.05, 4.69) is 20.4 Å². The summed E-state index contributed by atoms with van der Waals surface area (Å²) >= 11 is 0. The van der Waals surface area contributed by atoms with Crippen LogP contribution in [0.5, 0.6) is 0 Å². The van der Waals surface area contributed by atoms with Crippen LogP contribution in [0.15, 0.2) is 12.2 Å². The Morgan fingerprint density at radius 1 is 1.29 bits per heavy atom. The third-order valence-electron chi connectivity index (χ3n) is 5.08. The maximum Gasteiger partial charge on any atom is 0.0770 e. The van der Waals surface area contributed by atoms with Crippen LogP contribution in [-0.4, -0.2) is 21.4 Å². The fraction of sp³-hybridized carbons (Fsp3) is 0.867. The van der Waals surface area contributed by atoms with Crippen LogP contribution in [0, 0.1) is 17.8 Å². The number of aliphatic hydroxyl groups is 2. The first-order valence-electron chi connectivity index (χ1n) is 6.89. The molecule has 2 rings (SSSR count). The molecular formula is C15H26O2. The van der Waals surface area contributed by atoms with E-state index in [1.807, 2.05) is 6.92 Å². The second kappa shape index (κ2) is 4.10. The highest BCUT2D eigenvalue weighted by Gasteiger charge is 2.56. The first kappa shape index (κ1) is 13.1. The molecule has 0 aromatic carbocycles. The Morgan fingerprint density at radius 2 is 1.94 bits per heavy atom. The van der Waals surface area contributed by atoms with Crippen molar-refractivity contribution in [2.75, 3.05) is 0 Å². The Labute approximate surface area is 105 Å². The molecule has 2 N–H and O–H groups in total. The van der Waals surface area contributed by atoms with Gasteiger partial charge >= 0.3 is 0 Å². The minimum atomic E-state index is -0.731. The van der Waals surface area contributed by atoms with Gasteiger partial charge in [-0.25, -0.2) is 0 Å². The van der Waals surface area contributed by atoms with E-state index in [0.29, 0.717) is 18.3 Å². The quantitative estimate of drug-likeness (QED) is 0.690. The van der Waals surface area contributed by atoms with Gasteiger partial charge in [-0.1, -0.05) is 26.0 Å². The van der Waals surface area contributed by atoms with Crippen molar-refractivity contribution in [3.63, 3.8) is 0 Å². The number of hydrogen-bond acceptors (Lipinski definition) is 2. The predicted molar refractivity (Wildman–Crippen MR) is 69.6 cm³/mol. The fourth-order valence-corrected chi connectivity index (χ4v) is 4.23. The number of fused-ring (bicyclic) bond motifs is 1. The highest BCUT2D eigenvalue weighted by atomic mass is 16.3. The molecule has 1 unspecified atom stereocenters. The Kier molecular flexibility index (Phi) is 3.16. The van der Waals surface area contributed by atoms with Crippen molar-refractivity contribution in [2.24, 2.45) is 17.8 Å². The molecule has 0 saturated heterocycles. The average molecular weight is 238 g/mol. The molecule has 0 spiro atoms. The number of hydrogen-bond donors (Lipinski definition) is 2. The van der Waals surface area contributed by atoms with Gasteiger partial charge in [0.15, 0.2) is 0 Å². The molecule has 17 heavy (non-hydrogen) atoms. The van der Waals surface area contributed by atoms with Crippen molar-refractivity contribution in [1.82, 2.24) is 0 Å². The van der Waals surface area contributed by atoms with Crippen LogP contribution in [0.2, 0.25) is 0 Å². The third kappa shape index (κ3) is 2.06. The molecule has 0 aromatic rings. The standard InChI is InChI=1S/C15H26O2/c1-10(2)12-7-8-14(4,16)13-6-5-11(3)9-15(12,13)17/h10,12-13,16-17H,3,5-9H2,1-2,4H3/t12-,13?,14+,15+/m0/s1. The van der Waals surface area contributed by atoms with Crippen LogP contribution in [0.25, 0.3) is 0 Å². The predicted octanol–water partition coefficient (Wildman–Crippen LogP) is 2.89. The molecule has 0 bridgehead atoms. The molecule has 0 aromatic heterocycles. The third-order valence-corrected chi connectivity index (χ3v) is 5.08. The van der Waals surface area contributed by atoms with E-state index < -0.39 is 11.2 Å². The monoisotopic (exact) mass is 238 g/mol. The summed E-state index contributed by atoms with van der Waals surface area (Å²) in [7, 11) is 0. The van der Waals surface area contributed by atoms with Crippen LogP contribution in [0.1, 0.15) is 52.9 Å². The van der Waals surface area contributed by atoms with Crippen LogP contribution in [-0.2, 0) is 0 Å². The zero-order chi connectivity index (χ0) is 12.8. The Balaban J connectivity index is 2.35. The SMILES string of the molecule is C=C1CCC2[C@](C)(O)CC[C@@H](C(C)C)[C@]2(O)C1. The summed E-state index contributed by atoms with van der Waals surface area (Å²) in [6.07, 6.45) is 4.25. The van der Waals surface area contributed by atoms with Crippen molar-refractivity contribution in [3.8, 4) is 0 Å². The van der Waals surface area contributed by atoms with Crippen LogP contribution in [0.3, 0.4) is 0 Å². The Hall–Kier alpha value is -0.340. The summed E-state index contributed by atoms with van der Waals surface area (Å²) in [5.74, 6) is 0.774. The molecule has 2 fully saturated rings. The van der Waals surface area contributed by atoms with Gasteiger partial charge in [0.05, 0.1) is 11.2 Å². The van der Waals surface area contributed by atoms with Crippen molar-refractivity contribution >= 4 is 0 Å². The molecule has 2 aliphatic rings. The normalized spacial score (nSPS) is 47.1. The summed E-state index contributed by atoms with van der Waals surface area (Å²) < 4.78 is 0. The lowest BCUT2D eigenvalue weighted by Crippen LogP contribution is -2.61. The maximum absolute atomic E-state index is 11.1. The second-order valence-electron chi connectivity index (χ2n) is 6.76. The molecule has 98 valence electrons. The molecule has 2 heteroatoms. The van der Waals surface area contributed by atoms with Gasteiger partial charge in [-0.15, -0.1) is 0 Å². The van der Waals surface area contributed by atoms with Crippen LogP contribution < -0.4 is 0 Å². The van der Waals surface area contributed by atoms with Crippen molar-refractivity contribution in [1.29, 1.82) is 0 Å². The summed E-state index contributed by atoms with van der Waals surface area (Å²) in [5.41, 5.74) is -0.293. The van der Waals surface area contributed by atoms with E-state index in [1.54, 1.807) is 0 Å². The maximum atomic E-state index is 11.1. The minimum absolute atomic E-state index is 0.0154. The zero-order valence-corrected chi connectivity index (χ0v) is 11.4. The van der Waals surface area contributed by atoms with Crippen molar-refractivity contribution in [3.05, 3.63) is 12.2 Å². The van der Waals surface area contributed by atoms with E-state index in [9.17, 15) is 10.2 Å². The number of rotatable bonds is 1. The highest BCUT2D eigenvalue weighted by Crippen LogP contribution is 2.54.